The third-order valence-corrected chi connectivity index (χ3v) is 7.61. The molecule has 2 aromatic heterocycles. The Morgan fingerprint density at radius 3 is 2.59 bits per heavy atom. The fourth-order valence-electron chi connectivity index (χ4n) is 4.38. The second-order valence-electron chi connectivity index (χ2n) is 8.75. The maximum absolute atomic E-state index is 15.1. The zero-order chi connectivity index (χ0) is 26.2. The lowest BCUT2D eigenvalue weighted by atomic mass is 10.0. The van der Waals surface area contributed by atoms with Gasteiger partial charge in [-0.3, -0.25) is 14.2 Å². The summed E-state index contributed by atoms with van der Waals surface area (Å²) in [5, 5.41) is 0. The first-order valence-corrected chi connectivity index (χ1v) is 13.1. The van der Waals surface area contributed by atoms with Crippen LogP contribution >= 0.6 is 0 Å². The van der Waals surface area contributed by atoms with Crippen molar-refractivity contribution in [3.63, 3.8) is 0 Å². The molecule has 2 aromatic carbocycles. The number of sulfonamides is 1. The van der Waals surface area contributed by atoms with Gasteiger partial charge in [0.05, 0.1) is 24.8 Å². The summed E-state index contributed by atoms with van der Waals surface area (Å²) in [5.74, 6) is -3.07. The topological polar surface area (TPSA) is 107 Å². The number of aromatic nitrogens is 2. The predicted octanol–water partition coefficient (Wildman–Crippen LogP) is 3.51. The molecule has 37 heavy (non-hydrogen) atoms. The molecule has 9 nitrogen and oxygen atoms in total. The van der Waals surface area contributed by atoms with Crippen LogP contribution in [0.25, 0.3) is 11.1 Å². The Bertz CT molecular complexity index is 1610. The maximum atomic E-state index is 15.1. The van der Waals surface area contributed by atoms with Gasteiger partial charge in [-0.2, -0.15) is 4.39 Å². The van der Waals surface area contributed by atoms with Crippen molar-refractivity contribution in [1.29, 1.82) is 0 Å². The van der Waals surface area contributed by atoms with Crippen LogP contribution in [-0.2, 0) is 21.3 Å². The van der Waals surface area contributed by atoms with Gasteiger partial charge >= 0.3 is 5.76 Å². The minimum atomic E-state index is -4.49. The van der Waals surface area contributed by atoms with Crippen LogP contribution in [-0.4, -0.2) is 49.2 Å². The largest absolute Gasteiger partial charge is 0.420 e. The van der Waals surface area contributed by atoms with Crippen LogP contribution in [0.4, 0.5) is 14.6 Å². The van der Waals surface area contributed by atoms with Gasteiger partial charge in [-0.15, -0.1) is 0 Å². The summed E-state index contributed by atoms with van der Waals surface area (Å²) in [6.07, 6.45) is 0. The van der Waals surface area contributed by atoms with Crippen molar-refractivity contribution < 1.29 is 26.4 Å². The van der Waals surface area contributed by atoms with E-state index < -0.39 is 38.5 Å². The van der Waals surface area contributed by atoms with E-state index in [1.807, 2.05) is 29.0 Å². The summed E-state index contributed by atoms with van der Waals surface area (Å²) < 4.78 is 68.0. The highest BCUT2D eigenvalue weighted by atomic mass is 32.2. The van der Waals surface area contributed by atoms with E-state index in [2.05, 4.69) is 9.88 Å². The second-order valence-corrected chi connectivity index (χ2v) is 10.4. The van der Waals surface area contributed by atoms with Gasteiger partial charge in [-0.05, 0) is 30.2 Å². The molecule has 1 fully saturated rings. The molecule has 5 rings (SSSR count). The van der Waals surface area contributed by atoms with Crippen LogP contribution in [0.2, 0.25) is 0 Å². The first kappa shape index (κ1) is 25.1. The van der Waals surface area contributed by atoms with E-state index in [4.69, 9.17) is 9.15 Å². The van der Waals surface area contributed by atoms with Crippen molar-refractivity contribution in [1.82, 2.24) is 14.5 Å². The average molecular weight is 531 g/mol. The number of rotatable bonds is 7. The molecule has 0 spiro atoms. The van der Waals surface area contributed by atoms with E-state index in [9.17, 15) is 17.6 Å². The van der Waals surface area contributed by atoms with Gasteiger partial charge in [0.2, 0.25) is 5.95 Å². The summed E-state index contributed by atoms with van der Waals surface area (Å²) in [5.41, 5.74) is 1.88. The Morgan fingerprint density at radius 2 is 1.84 bits per heavy atom. The molecule has 0 amide bonds. The summed E-state index contributed by atoms with van der Waals surface area (Å²) in [4.78, 5) is 17.7. The molecular weight excluding hydrogens is 506 g/mol. The lowest BCUT2D eigenvalue weighted by Crippen LogP contribution is -2.35. The summed E-state index contributed by atoms with van der Waals surface area (Å²) in [6.45, 7) is 5.55. The second kappa shape index (κ2) is 10.0. The molecule has 1 saturated heterocycles. The summed E-state index contributed by atoms with van der Waals surface area (Å²) in [7, 11) is -4.49. The molecule has 1 aliphatic heterocycles. The number of hydrogen-bond acceptors (Lipinski definition) is 7. The zero-order valence-corrected chi connectivity index (χ0v) is 20.7. The number of benzene rings is 2. The molecule has 0 radical (unpaired) electrons. The smallest absolute Gasteiger partial charge is 0.408 e. The number of nitrogens with zero attached hydrogens (tertiary/aromatic N) is 3. The highest BCUT2D eigenvalue weighted by Crippen LogP contribution is 2.28. The van der Waals surface area contributed by atoms with Crippen LogP contribution in [0, 0.1) is 11.8 Å². The van der Waals surface area contributed by atoms with E-state index in [-0.39, 0.29) is 16.9 Å². The van der Waals surface area contributed by atoms with E-state index >= 15 is 4.39 Å². The molecule has 194 valence electrons. The Morgan fingerprint density at radius 1 is 1.08 bits per heavy atom. The van der Waals surface area contributed by atoms with Crippen LogP contribution in [0.5, 0.6) is 0 Å². The molecular formula is C25H24F2N4O5S. The van der Waals surface area contributed by atoms with Crippen molar-refractivity contribution in [3.8, 4) is 0 Å². The standard InChI is InChI=1S/C25H24F2N4O5S/c1-16(18-5-2-4-17(12-18)15-30-8-10-35-11-9-30)31-20-13-19(26)22(14-21(20)36-25(31)32)37(33,34)29-24-7-3-6-23(27)28-24/h2-7,12-14,16H,8-11,15H2,1H3,(H,28,29)/t16-/m1/s1. The van der Waals surface area contributed by atoms with E-state index in [0.29, 0.717) is 13.2 Å². The quantitative estimate of drug-likeness (QED) is 0.365. The van der Waals surface area contributed by atoms with E-state index in [1.54, 1.807) is 6.92 Å². The van der Waals surface area contributed by atoms with Gasteiger partial charge in [-0.1, -0.05) is 30.3 Å². The Balaban J connectivity index is 1.46. The van der Waals surface area contributed by atoms with Crippen LogP contribution in [0.3, 0.4) is 0 Å². The Labute approximate surface area is 211 Å². The number of pyridine rings is 1. The van der Waals surface area contributed by atoms with E-state index in [0.717, 1.165) is 49.0 Å². The fourth-order valence-corrected chi connectivity index (χ4v) is 5.46. The Hall–Kier alpha value is -3.61. The number of hydrogen-bond donors (Lipinski definition) is 1. The minimum absolute atomic E-state index is 0.102. The third-order valence-electron chi connectivity index (χ3n) is 6.24. The SMILES string of the molecule is C[C@H](c1cccc(CN2CCOCC2)c1)n1c(=O)oc2cc(S(=O)(=O)Nc3cccc(F)n3)c(F)cc21. The number of oxazole rings is 1. The molecule has 0 unspecified atom stereocenters. The first-order valence-electron chi connectivity index (χ1n) is 11.6. The number of morpholine rings is 1. The highest BCUT2D eigenvalue weighted by Gasteiger charge is 2.25. The number of anilines is 1. The number of ether oxygens (including phenoxy) is 1. The molecule has 3 heterocycles. The highest BCUT2D eigenvalue weighted by molar-refractivity contribution is 7.92. The van der Waals surface area contributed by atoms with Gasteiger partial charge in [0.1, 0.15) is 16.5 Å². The number of nitrogens with one attached hydrogen (secondary N) is 1. The molecule has 1 aliphatic rings. The van der Waals surface area contributed by atoms with Gasteiger partial charge in [0.15, 0.2) is 5.58 Å². The zero-order valence-electron chi connectivity index (χ0n) is 19.9. The van der Waals surface area contributed by atoms with Gasteiger partial charge < -0.3 is 9.15 Å². The molecule has 0 saturated carbocycles. The molecule has 12 heteroatoms. The van der Waals surface area contributed by atoms with E-state index in [1.165, 1.54) is 16.7 Å². The molecule has 1 N–H and O–H groups in total. The van der Waals surface area contributed by atoms with Crippen molar-refractivity contribution in [2.24, 2.45) is 0 Å². The molecule has 0 bridgehead atoms. The maximum Gasteiger partial charge on any atom is 0.420 e. The van der Waals surface area contributed by atoms with Gasteiger partial charge in [0, 0.05) is 31.8 Å². The lowest BCUT2D eigenvalue weighted by Gasteiger charge is -2.27. The van der Waals surface area contributed by atoms with Gasteiger partial charge in [-0.25, -0.2) is 22.6 Å². The van der Waals surface area contributed by atoms with Crippen LogP contribution in [0.1, 0.15) is 24.1 Å². The summed E-state index contributed by atoms with van der Waals surface area (Å²) >= 11 is 0. The first-order chi connectivity index (χ1) is 17.7. The minimum Gasteiger partial charge on any atom is -0.408 e. The number of fused-ring (bicyclic) bond motifs is 1. The third kappa shape index (κ3) is 5.26. The molecule has 4 aromatic rings. The van der Waals surface area contributed by atoms with Gasteiger partial charge in [0.25, 0.3) is 10.0 Å². The van der Waals surface area contributed by atoms with Crippen molar-refractivity contribution in [2.45, 2.75) is 24.4 Å². The van der Waals surface area contributed by atoms with Crippen LogP contribution in [0.15, 0.2) is 68.7 Å². The molecule has 1 atom stereocenters. The summed E-state index contributed by atoms with van der Waals surface area (Å²) in [6, 6.07) is 12.6. The average Bonchev–Trinajstić information content (AvgIpc) is 3.18. The lowest BCUT2D eigenvalue weighted by molar-refractivity contribution is 0.0342. The van der Waals surface area contributed by atoms with Crippen LogP contribution < -0.4 is 10.5 Å². The van der Waals surface area contributed by atoms with Crippen molar-refractivity contribution >= 4 is 26.9 Å². The number of halogens is 2. The normalized spacial score (nSPS) is 15.6. The van der Waals surface area contributed by atoms with Crippen molar-refractivity contribution in [2.75, 3.05) is 31.0 Å². The Kier molecular flexibility index (Phi) is 6.80. The van der Waals surface area contributed by atoms with Crippen molar-refractivity contribution in [3.05, 3.63) is 88.0 Å². The monoisotopic (exact) mass is 530 g/mol. The predicted molar refractivity (Wildman–Crippen MR) is 132 cm³/mol. The fraction of sp³-hybridized carbons (Fsp3) is 0.280. The molecule has 0 aliphatic carbocycles.